The molecular formula is C4H4NO. The van der Waals surface area contributed by atoms with Gasteiger partial charge in [0.2, 0.25) is 6.23 Å². The van der Waals surface area contributed by atoms with Crippen LogP contribution in [0.25, 0.3) is 0 Å². The van der Waals surface area contributed by atoms with Crippen LogP contribution in [0.3, 0.4) is 0 Å². The van der Waals surface area contributed by atoms with Crippen molar-refractivity contribution in [2.45, 2.75) is 6.23 Å². The first-order valence-corrected chi connectivity index (χ1v) is 1.75. The smallest absolute Gasteiger partial charge is 0.201 e. The number of nitrogens with zero attached hydrogens (tertiary/aromatic N) is 1. The average Bonchev–Trinajstić information content (AvgIpc) is 1.86. The number of hydrogen-bond acceptors (Lipinski definition) is 1. The molecular weight excluding hydrogens is 78.0 g/mol. The molecule has 2 nitrogen and oxygen atoms in total. The number of rotatable bonds is 0. The van der Waals surface area contributed by atoms with E-state index < -0.39 is 6.23 Å². The maximum Gasteiger partial charge on any atom is 0.201 e. The molecule has 0 amide bonds. The van der Waals surface area contributed by atoms with Crippen molar-refractivity contribution in [3.63, 3.8) is 0 Å². The van der Waals surface area contributed by atoms with Gasteiger partial charge in [-0.3, -0.25) is 4.99 Å². The van der Waals surface area contributed by atoms with Crippen molar-refractivity contribution in [1.82, 2.24) is 0 Å². The maximum absolute atomic E-state index is 10.0. The molecule has 2 heteroatoms. The van der Waals surface area contributed by atoms with E-state index in [1.807, 2.05) is 0 Å². The van der Waals surface area contributed by atoms with Crippen molar-refractivity contribution in [2.75, 3.05) is 0 Å². The first kappa shape index (κ1) is 3.56. The second-order valence-electron chi connectivity index (χ2n) is 1.07. The normalized spacial score (nSPS) is 29.2. The van der Waals surface area contributed by atoms with Crippen LogP contribution in [-0.2, 0) is 5.11 Å². The summed E-state index contributed by atoms with van der Waals surface area (Å²) in [6, 6.07) is 0. The van der Waals surface area contributed by atoms with E-state index in [1.165, 1.54) is 12.3 Å². The second-order valence-corrected chi connectivity index (χ2v) is 1.07. The minimum Gasteiger partial charge on any atom is -0.255 e. The monoisotopic (exact) mass is 82.0 g/mol. The van der Waals surface area contributed by atoms with E-state index in [1.54, 1.807) is 6.08 Å². The predicted octanol–water partition coefficient (Wildman–Crippen LogP) is 0.384. The third kappa shape index (κ3) is 0.466. The number of allylic oxidation sites excluding steroid dienone is 1. The van der Waals surface area contributed by atoms with Gasteiger partial charge in [-0.05, 0) is 12.2 Å². The highest BCUT2D eigenvalue weighted by molar-refractivity contribution is 5.73. The molecule has 0 aliphatic carbocycles. The standard InChI is InChI=1S/C4H4NO/c6-4-2-1-3-5-4/h1-4H. The van der Waals surface area contributed by atoms with Crippen molar-refractivity contribution in [2.24, 2.45) is 4.99 Å². The minimum atomic E-state index is -0.815. The summed E-state index contributed by atoms with van der Waals surface area (Å²) in [6.07, 6.45) is 3.85. The number of hydrogen-bond donors (Lipinski definition) is 0. The SMILES string of the molecule is [O]C1C=CC=N1. The van der Waals surface area contributed by atoms with Gasteiger partial charge in [-0.1, -0.05) is 0 Å². The molecule has 1 rings (SSSR count). The number of aliphatic imine (C=N–C) groups is 1. The van der Waals surface area contributed by atoms with Gasteiger partial charge in [0.1, 0.15) is 0 Å². The van der Waals surface area contributed by atoms with E-state index in [0.717, 1.165) is 0 Å². The molecule has 1 atom stereocenters. The Balaban J connectivity index is 2.60. The molecule has 0 aromatic rings. The van der Waals surface area contributed by atoms with Crippen LogP contribution in [0.1, 0.15) is 0 Å². The Hall–Kier alpha value is -0.630. The summed E-state index contributed by atoms with van der Waals surface area (Å²) in [5, 5.41) is 10.0. The molecule has 1 aliphatic heterocycles. The van der Waals surface area contributed by atoms with Gasteiger partial charge >= 0.3 is 0 Å². The molecule has 1 radical (unpaired) electrons. The van der Waals surface area contributed by atoms with E-state index in [2.05, 4.69) is 4.99 Å². The summed E-state index contributed by atoms with van der Waals surface area (Å²) in [5.74, 6) is 0. The van der Waals surface area contributed by atoms with Crippen LogP contribution in [0.15, 0.2) is 17.1 Å². The molecule has 0 fully saturated rings. The van der Waals surface area contributed by atoms with Crippen LogP contribution in [-0.4, -0.2) is 12.4 Å². The molecule has 0 aromatic carbocycles. The third-order valence-corrected chi connectivity index (χ3v) is 0.595. The fourth-order valence-electron chi connectivity index (χ4n) is 0.329. The summed E-state index contributed by atoms with van der Waals surface area (Å²) in [7, 11) is 0. The highest BCUT2D eigenvalue weighted by atomic mass is 16.3. The highest BCUT2D eigenvalue weighted by Crippen LogP contribution is 1.92. The lowest BCUT2D eigenvalue weighted by Gasteiger charge is -1.79. The Bertz CT molecular complexity index is 83.7. The topological polar surface area (TPSA) is 32.3 Å². The summed E-state index contributed by atoms with van der Waals surface area (Å²) in [5.41, 5.74) is 0. The Morgan fingerprint density at radius 2 is 2.50 bits per heavy atom. The first-order chi connectivity index (χ1) is 2.89. The van der Waals surface area contributed by atoms with Crippen molar-refractivity contribution in [3.8, 4) is 0 Å². The quantitative estimate of drug-likeness (QED) is 0.405. The molecule has 1 aliphatic rings. The van der Waals surface area contributed by atoms with Crippen LogP contribution in [0, 0.1) is 0 Å². The third-order valence-electron chi connectivity index (χ3n) is 0.595. The Kier molecular flexibility index (Phi) is 0.725. The largest absolute Gasteiger partial charge is 0.255 e. The maximum atomic E-state index is 10.0. The molecule has 1 heterocycles. The lowest BCUT2D eigenvalue weighted by molar-refractivity contribution is 0.141. The van der Waals surface area contributed by atoms with Gasteiger partial charge in [-0.2, -0.15) is 0 Å². The van der Waals surface area contributed by atoms with Gasteiger partial charge in [0, 0.05) is 6.21 Å². The Morgan fingerprint density at radius 1 is 1.67 bits per heavy atom. The van der Waals surface area contributed by atoms with Crippen molar-refractivity contribution >= 4 is 6.21 Å². The van der Waals surface area contributed by atoms with Crippen LogP contribution in [0.2, 0.25) is 0 Å². The highest BCUT2D eigenvalue weighted by Gasteiger charge is 1.95. The fraction of sp³-hybridized carbons (Fsp3) is 0.250. The van der Waals surface area contributed by atoms with E-state index in [-0.39, 0.29) is 0 Å². The Labute approximate surface area is 35.8 Å². The summed E-state index contributed by atoms with van der Waals surface area (Å²) in [4.78, 5) is 3.44. The van der Waals surface area contributed by atoms with Crippen LogP contribution < -0.4 is 0 Å². The average molecular weight is 82.1 g/mol. The summed E-state index contributed by atoms with van der Waals surface area (Å²) in [6.45, 7) is 0. The lowest BCUT2D eigenvalue weighted by Crippen LogP contribution is -1.86. The zero-order valence-electron chi connectivity index (χ0n) is 3.16. The molecule has 0 bridgehead atoms. The second kappa shape index (κ2) is 1.22. The molecule has 0 spiro atoms. The summed E-state index contributed by atoms with van der Waals surface area (Å²) < 4.78 is 0. The van der Waals surface area contributed by atoms with E-state index in [0.29, 0.717) is 0 Å². The van der Waals surface area contributed by atoms with Gasteiger partial charge in [0.15, 0.2) is 0 Å². The van der Waals surface area contributed by atoms with Gasteiger partial charge < -0.3 is 0 Å². The summed E-state index contributed by atoms with van der Waals surface area (Å²) >= 11 is 0. The molecule has 1 unspecified atom stereocenters. The van der Waals surface area contributed by atoms with Crippen LogP contribution in [0.4, 0.5) is 0 Å². The van der Waals surface area contributed by atoms with Crippen molar-refractivity contribution in [3.05, 3.63) is 12.2 Å². The molecule has 0 saturated heterocycles. The van der Waals surface area contributed by atoms with Crippen LogP contribution in [0.5, 0.6) is 0 Å². The van der Waals surface area contributed by atoms with Crippen molar-refractivity contribution < 1.29 is 5.11 Å². The lowest BCUT2D eigenvalue weighted by atomic mass is 10.5. The van der Waals surface area contributed by atoms with Crippen LogP contribution >= 0.6 is 0 Å². The van der Waals surface area contributed by atoms with E-state index >= 15 is 0 Å². The van der Waals surface area contributed by atoms with E-state index in [4.69, 9.17) is 0 Å². The van der Waals surface area contributed by atoms with Gasteiger partial charge in [0.25, 0.3) is 0 Å². The van der Waals surface area contributed by atoms with E-state index in [9.17, 15) is 5.11 Å². The van der Waals surface area contributed by atoms with Crippen molar-refractivity contribution in [1.29, 1.82) is 0 Å². The molecule has 31 valence electrons. The van der Waals surface area contributed by atoms with Gasteiger partial charge in [0.05, 0.1) is 0 Å². The fourth-order valence-corrected chi connectivity index (χ4v) is 0.329. The molecule has 0 saturated carbocycles. The zero-order chi connectivity index (χ0) is 4.41. The molecule has 6 heavy (non-hydrogen) atoms. The van der Waals surface area contributed by atoms with Gasteiger partial charge in [-0.15, -0.1) is 0 Å². The molecule has 0 N–H and O–H groups in total. The predicted molar refractivity (Wildman–Crippen MR) is 22.1 cm³/mol. The molecule has 0 aromatic heterocycles. The minimum absolute atomic E-state index is 0.815. The zero-order valence-corrected chi connectivity index (χ0v) is 3.16. The van der Waals surface area contributed by atoms with Gasteiger partial charge in [-0.25, -0.2) is 5.11 Å². The first-order valence-electron chi connectivity index (χ1n) is 1.75. The Morgan fingerprint density at radius 3 is 2.67 bits per heavy atom.